The molecule has 1 unspecified atom stereocenters. The second-order valence-corrected chi connectivity index (χ2v) is 12.6. The Balaban J connectivity index is 1.25. The molecule has 0 spiro atoms. The highest BCUT2D eigenvalue weighted by Gasteiger charge is 2.44. The molecule has 4 aliphatic rings. The number of allylic oxidation sites excluding steroid dienone is 3. The van der Waals surface area contributed by atoms with Crippen LogP contribution >= 0.6 is 11.6 Å². The molecule has 228 valence electrons. The molecule has 6 rings (SSSR count). The summed E-state index contributed by atoms with van der Waals surface area (Å²) in [7, 11) is 1.55. The van der Waals surface area contributed by atoms with Crippen LogP contribution < -0.4 is 10.5 Å². The van der Waals surface area contributed by atoms with Crippen LogP contribution in [0.3, 0.4) is 0 Å². The van der Waals surface area contributed by atoms with Gasteiger partial charge in [0.2, 0.25) is 11.8 Å². The van der Waals surface area contributed by atoms with E-state index in [-0.39, 0.29) is 53.9 Å². The zero-order valence-electron chi connectivity index (χ0n) is 24.2. The van der Waals surface area contributed by atoms with Gasteiger partial charge in [-0.1, -0.05) is 29.8 Å². The fourth-order valence-corrected chi connectivity index (χ4v) is 6.97. The molecule has 1 saturated carbocycles. The summed E-state index contributed by atoms with van der Waals surface area (Å²) in [6, 6.07) is 6.54. The zero-order valence-corrected chi connectivity index (χ0v) is 24.9. The van der Waals surface area contributed by atoms with Gasteiger partial charge in [-0.3, -0.25) is 14.4 Å². The molecule has 4 atom stereocenters. The molecule has 2 saturated heterocycles. The van der Waals surface area contributed by atoms with Crippen molar-refractivity contribution in [3.63, 3.8) is 0 Å². The lowest BCUT2D eigenvalue weighted by Crippen LogP contribution is -2.52. The fourth-order valence-electron chi connectivity index (χ4n) is 6.80. The maximum atomic E-state index is 15.1. The highest BCUT2D eigenvalue weighted by Crippen LogP contribution is 2.39. The highest BCUT2D eigenvalue weighted by atomic mass is 35.5. The van der Waals surface area contributed by atoms with E-state index in [1.165, 1.54) is 22.9 Å². The minimum absolute atomic E-state index is 0.0430. The van der Waals surface area contributed by atoms with Crippen LogP contribution in [-0.2, 0) is 16.6 Å². The van der Waals surface area contributed by atoms with Crippen molar-refractivity contribution in [1.82, 2.24) is 19.6 Å². The molecular formula is C32H36ClF2N5O3. The van der Waals surface area contributed by atoms with Crippen molar-refractivity contribution in [2.45, 2.75) is 44.1 Å². The molecule has 43 heavy (non-hydrogen) atoms. The maximum absolute atomic E-state index is 15.1. The number of halogens is 3. The number of nitrogens with zero attached hydrogens (tertiary/aromatic N) is 5. The summed E-state index contributed by atoms with van der Waals surface area (Å²) in [6.45, 7) is 1.91. The molecule has 0 radical (unpaired) electrons. The second-order valence-electron chi connectivity index (χ2n) is 12.1. The number of carbonyl (C=O) groups excluding carboxylic acids is 2. The molecule has 3 heterocycles. The lowest BCUT2D eigenvalue weighted by molar-refractivity contribution is -0.141. The van der Waals surface area contributed by atoms with Crippen LogP contribution in [0, 0.1) is 29.4 Å². The first-order valence-electron chi connectivity index (χ1n) is 15.1. The number of anilines is 1. The minimum Gasteiger partial charge on any atom is -0.354 e. The van der Waals surface area contributed by atoms with Crippen molar-refractivity contribution in [2.24, 2.45) is 24.8 Å². The van der Waals surface area contributed by atoms with Crippen LogP contribution in [0.2, 0.25) is 0 Å². The largest absolute Gasteiger partial charge is 0.354 e. The Morgan fingerprint density at radius 3 is 2.51 bits per heavy atom. The number of benzene rings is 1. The Hall–Kier alpha value is -3.53. The van der Waals surface area contributed by atoms with Crippen LogP contribution in [-0.4, -0.2) is 70.2 Å². The van der Waals surface area contributed by atoms with E-state index in [1.54, 1.807) is 13.1 Å². The Morgan fingerprint density at radius 2 is 1.81 bits per heavy atom. The van der Waals surface area contributed by atoms with Gasteiger partial charge in [0.15, 0.2) is 0 Å². The number of hydrogen-bond acceptors (Lipinski definition) is 5. The Morgan fingerprint density at radius 1 is 1.00 bits per heavy atom. The van der Waals surface area contributed by atoms with Gasteiger partial charge in [-0.05, 0) is 55.9 Å². The van der Waals surface area contributed by atoms with Crippen LogP contribution in [0.25, 0.3) is 0 Å². The molecule has 3 fully saturated rings. The highest BCUT2D eigenvalue weighted by molar-refractivity contribution is 6.31. The molecule has 0 N–H and O–H groups in total. The summed E-state index contributed by atoms with van der Waals surface area (Å²) in [5.41, 5.74) is 0.0179. The first-order valence-corrected chi connectivity index (χ1v) is 15.4. The van der Waals surface area contributed by atoms with Gasteiger partial charge in [-0.2, -0.15) is 5.10 Å². The van der Waals surface area contributed by atoms with Gasteiger partial charge < -0.3 is 14.7 Å². The average Bonchev–Trinajstić information content (AvgIpc) is 3.73. The van der Waals surface area contributed by atoms with E-state index in [9.17, 15) is 18.8 Å². The number of amides is 2. The number of aryl methyl sites for hydroxylation is 1. The molecule has 8 nitrogen and oxygen atoms in total. The lowest BCUT2D eigenvalue weighted by atomic mass is 9.86. The van der Waals surface area contributed by atoms with Crippen LogP contribution in [0.1, 0.15) is 43.6 Å². The second kappa shape index (κ2) is 12.2. The smallest absolute Gasteiger partial charge is 0.266 e. The molecule has 2 aromatic rings. The van der Waals surface area contributed by atoms with Gasteiger partial charge >= 0.3 is 0 Å². The van der Waals surface area contributed by atoms with Gasteiger partial charge in [-0.15, -0.1) is 0 Å². The third kappa shape index (κ3) is 6.25. The average molecular weight is 612 g/mol. The topological polar surface area (TPSA) is 78.8 Å². The van der Waals surface area contributed by atoms with Gasteiger partial charge in [0.25, 0.3) is 5.56 Å². The van der Waals surface area contributed by atoms with E-state index in [1.807, 2.05) is 26.9 Å². The van der Waals surface area contributed by atoms with Crippen molar-refractivity contribution < 1.29 is 18.4 Å². The number of hydrogen-bond donors (Lipinski definition) is 0. The Labute approximate surface area is 254 Å². The predicted octanol–water partition coefficient (Wildman–Crippen LogP) is 4.21. The molecule has 11 heteroatoms. The summed E-state index contributed by atoms with van der Waals surface area (Å²) >= 11 is 6.18. The molecule has 2 aliphatic carbocycles. The van der Waals surface area contributed by atoms with Gasteiger partial charge in [-0.25, -0.2) is 13.5 Å². The maximum Gasteiger partial charge on any atom is 0.266 e. The molecule has 2 aliphatic heterocycles. The van der Waals surface area contributed by atoms with E-state index in [0.29, 0.717) is 30.5 Å². The first kappa shape index (κ1) is 29.5. The van der Waals surface area contributed by atoms with Gasteiger partial charge in [0.1, 0.15) is 17.5 Å². The molecular weight excluding hydrogens is 576 g/mol. The van der Waals surface area contributed by atoms with Gasteiger partial charge in [0.05, 0.1) is 5.92 Å². The summed E-state index contributed by atoms with van der Waals surface area (Å²) in [5.74, 6) is -1.74. The zero-order chi connectivity index (χ0) is 30.2. The van der Waals surface area contributed by atoms with E-state index in [0.717, 1.165) is 38.2 Å². The fraction of sp³-hybridized carbons (Fsp3) is 0.500. The summed E-state index contributed by atoms with van der Waals surface area (Å²) in [5, 5.41) is 5.06. The molecule has 1 aromatic carbocycles. The number of carbonyl (C=O) groups is 2. The van der Waals surface area contributed by atoms with Crippen molar-refractivity contribution in [3.8, 4) is 0 Å². The molecule has 2 amide bonds. The van der Waals surface area contributed by atoms with Crippen molar-refractivity contribution in [3.05, 3.63) is 81.1 Å². The quantitative estimate of drug-likeness (QED) is 0.506. The monoisotopic (exact) mass is 611 g/mol. The van der Waals surface area contributed by atoms with Crippen molar-refractivity contribution in [1.29, 1.82) is 0 Å². The predicted molar refractivity (Wildman–Crippen MR) is 160 cm³/mol. The minimum atomic E-state index is -0.690. The summed E-state index contributed by atoms with van der Waals surface area (Å²) in [6.07, 6.45) is 10.1. The standard InChI is InChI=1S/C32H36ClF2N5O3/c1-37-30(41)13-12-29(36-37)39-18-25(24-11-10-23(34)17-27(24)35)26(19-39)32(43)38-14-2-3-28(20-6-8-22(33)9-7-20)40(16-15-38)31(42)21-4-5-21/h6,8-13,17,20-21,25-26,28H,2-5,7,14-16,18-19H2,1H3/t20?,25-,26+,28-/m0/s1. The van der Waals surface area contributed by atoms with Crippen molar-refractivity contribution in [2.75, 3.05) is 37.6 Å². The SMILES string of the molecule is Cn1nc(N2C[C@@H](C(=O)N3CCC[C@@H](C4C=CC(Cl)=CC4)N(C(=O)C4CC4)CC3)[C@H](c3ccc(F)cc3F)C2)ccc1=O. The third-order valence-corrected chi connectivity index (χ3v) is 9.59. The van der Waals surface area contributed by atoms with E-state index in [4.69, 9.17) is 11.6 Å². The Bertz CT molecular complexity index is 1520. The summed E-state index contributed by atoms with van der Waals surface area (Å²) in [4.78, 5) is 45.4. The van der Waals surface area contributed by atoms with Crippen LogP contribution in [0.15, 0.2) is 58.4 Å². The van der Waals surface area contributed by atoms with Gasteiger partial charge in [0, 0.05) is 80.7 Å². The molecule has 0 bridgehead atoms. The first-order chi connectivity index (χ1) is 20.7. The Kier molecular flexibility index (Phi) is 8.40. The van der Waals surface area contributed by atoms with Crippen molar-refractivity contribution >= 4 is 29.2 Å². The number of aromatic nitrogens is 2. The number of rotatable bonds is 5. The van der Waals surface area contributed by atoms with E-state index >= 15 is 4.39 Å². The normalized spacial score (nSPS) is 26.2. The third-order valence-electron chi connectivity index (χ3n) is 9.31. The van der Waals surface area contributed by atoms with Crippen LogP contribution in [0.5, 0.6) is 0 Å². The van der Waals surface area contributed by atoms with E-state index < -0.39 is 23.5 Å². The van der Waals surface area contributed by atoms with E-state index in [2.05, 4.69) is 11.2 Å². The lowest BCUT2D eigenvalue weighted by Gasteiger charge is -2.41. The van der Waals surface area contributed by atoms with Crippen LogP contribution in [0.4, 0.5) is 14.6 Å². The summed E-state index contributed by atoms with van der Waals surface area (Å²) < 4.78 is 30.2. The molecule has 1 aromatic heterocycles.